The van der Waals surface area contributed by atoms with E-state index in [1.54, 1.807) is 10.4 Å². The Labute approximate surface area is 178 Å². The van der Waals surface area contributed by atoms with E-state index in [0.29, 0.717) is 43.5 Å². The van der Waals surface area contributed by atoms with Crippen LogP contribution in [0.4, 0.5) is 0 Å². The van der Waals surface area contributed by atoms with E-state index in [2.05, 4.69) is 9.88 Å². The number of nitrogens with zero attached hydrogens (tertiary/aromatic N) is 3. The van der Waals surface area contributed by atoms with Crippen molar-refractivity contribution in [2.75, 3.05) is 26.2 Å². The number of sulfonamides is 1. The average molecular weight is 426 g/mol. The summed E-state index contributed by atoms with van der Waals surface area (Å²) in [5, 5.41) is 0. The minimum absolute atomic E-state index is 0.413. The second-order valence-electron chi connectivity index (χ2n) is 7.84. The Morgan fingerprint density at radius 2 is 1.67 bits per heavy atom. The Hall–Kier alpha value is -2.48. The van der Waals surface area contributed by atoms with Crippen LogP contribution < -0.4 is 0 Å². The number of piperazine rings is 1. The van der Waals surface area contributed by atoms with Crippen LogP contribution >= 0.6 is 0 Å². The van der Waals surface area contributed by atoms with Crippen LogP contribution in [-0.2, 0) is 16.6 Å². The Morgan fingerprint density at radius 3 is 2.37 bits per heavy atom. The van der Waals surface area contributed by atoms with Crippen molar-refractivity contribution in [3.05, 3.63) is 71.1 Å². The van der Waals surface area contributed by atoms with Crippen molar-refractivity contribution in [3.8, 4) is 11.5 Å². The standard InChI is InChI=1S/C23H27N3O3S/c1-17-9-10-18(2)22(15-17)30(27,28)26-13-11-25(12-14-26)16-21-19(3)29-23(24-21)20-7-5-4-6-8-20/h4-10,15H,11-14,16H2,1-3H3. The summed E-state index contributed by atoms with van der Waals surface area (Å²) >= 11 is 0. The first-order chi connectivity index (χ1) is 14.3. The lowest BCUT2D eigenvalue weighted by Gasteiger charge is -2.33. The van der Waals surface area contributed by atoms with E-state index in [1.807, 2.05) is 63.2 Å². The SMILES string of the molecule is Cc1ccc(C)c(S(=O)(=O)N2CCN(Cc3nc(-c4ccccc4)oc3C)CC2)c1. The van der Waals surface area contributed by atoms with Crippen molar-refractivity contribution in [1.82, 2.24) is 14.2 Å². The molecule has 0 N–H and O–H groups in total. The summed E-state index contributed by atoms with van der Waals surface area (Å²) in [4.78, 5) is 7.31. The van der Waals surface area contributed by atoms with E-state index in [-0.39, 0.29) is 0 Å². The Morgan fingerprint density at radius 1 is 0.967 bits per heavy atom. The van der Waals surface area contributed by atoms with Crippen molar-refractivity contribution in [3.63, 3.8) is 0 Å². The van der Waals surface area contributed by atoms with Crippen molar-refractivity contribution >= 4 is 10.0 Å². The van der Waals surface area contributed by atoms with Gasteiger partial charge in [-0.3, -0.25) is 4.90 Å². The van der Waals surface area contributed by atoms with Gasteiger partial charge in [0.25, 0.3) is 0 Å². The molecule has 0 atom stereocenters. The largest absolute Gasteiger partial charge is 0.441 e. The highest BCUT2D eigenvalue weighted by molar-refractivity contribution is 7.89. The summed E-state index contributed by atoms with van der Waals surface area (Å²) in [6.07, 6.45) is 0. The molecule has 4 rings (SSSR count). The monoisotopic (exact) mass is 425 g/mol. The lowest BCUT2D eigenvalue weighted by Crippen LogP contribution is -2.48. The molecular formula is C23H27N3O3S. The highest BCUT2D eigenvalue weighted by Gasteiger charge is 2.30. The maximum atomic E-state index is 13.1. The quantitative estimate of drug-likeness (QED) is 0.622. The van der Waals surface area contributed by atoms with Crippen LogP contribution in [0.1, 0.15) is 22.6 Å². The lowest BCUT2D eigenvalue weighted by atomic mass is 10.2. The van der Waals surface area contributed by atoms with Crippen LogP contribution in [0.3, 0.4) is 0 Å². The van der Waals surface area contributed by atoms with Crippen LogP contribution in [0.25, 0.3) is 11.5 Å². The fourth-order valence-corrected chi connectivity index (χ4v) is 5.47. The molecule has 2 heterocycles. The fourth-order valence-electron chi connectivity index (χ4n) is 3.74. The summed E-state index contributed by atoms with van der Waals surface area (Å²) in [7, 11) is -3.48. The molecule has 1 aliphatic rings. The normalized spacial score (nSPS) is 16.1. The summed E-state index contributed by atoms with van der Waals surface area (Å²) in [6.45, 7) is 8.61. The lowest BCUT2D eigenvalue weighted by molar-refractivity contribution is 0.179. The zero-order valence-corrected chi connectivity index (χ0v) is 18.4. The van der Waals surface area contributed by atoms with E-state index in [4.69, 9.17) is 4.42 Å². The predicted molar refractivity (Wildman–Crippen MR) is 117 cm³/mol. The molecular weight excluding hydrogens is 398 g/mol. The van der Waals surface area contributed by atoms with Crippen LogP contribution in [0.2, 0.25) is 0 Å². The molecule has 30 heavy (non-hydrogen) atoms. The van der Waals surface area contributed by atoms with Crippen LogP contribution in [0.5, 0.6) is 0 Å². The van der Waals surface area contributed by atoms with Crippen molar-refractivity contribution in [1.29, 1.82) is 0 Å². The topological polar surface area (TPSA) is 66.7 Å². The molecule has 0 amide bonds. The van der Waals surface area contributed by atoms with Gasteiger partial charge in [-0.05, 0) is 50.1 Å². The molecule has 0 radical (unpaired) electrons. The van der Waals surface area contributed by atoms with Gasteiger partial charge in [-0.15, -0.1) is 0 Å². The van der Waals surface area contributed by atoms with Gasteiger partial charge < -0.3 is 4.42 Å². The van der Waals surface area contributed by atoms with Crippen molar-refractivity contribution in [2.24, 2.45) is 0 Å². The number of benzene rings is 2. The summed E-state index contributed by atoms with van der Waals surface area (Å²) in [6, 6.07) is 15.4. The van der Waals surface area contributed by atoms with Gasteiger partial charge in [0.05, 0.1) is 10.6 Å². The van der Waals surface area contributed by atoms with Crippen LogP contribution in [0, 0.1) is 20.8 Å². The third-order valence-corrected chi connectivity index (χ3v) is 7.62. The fraction of sp³-hybridized carbons (Fsp3) is 0.348. The van der Waals surface area contributed by atoms with E-state index >= 15 is 0 Å². The number of aryl methyl sites for hydroxylation is 3. The van der Waals surface area contributed by atoms with Gasteiger partial charge in [0, 0.05) is 38.3 Å². The number of hydrogen-bond donors (Lipinski definition) is 0. The van der Waals surface area contributed by atoms with E-state index < -0.39 is 10.0 Å². The number of hydrogen-bond acceptors (Lipinski definition) is 5. The van der Waals surface area contributed by atoms with Gasteiger partial charge in [0.15, 0.2) is 0 Å². The van der Waals surface area contributed by atoms with Crippen LogP contribution in [-0.4, -0.2) is 48.8 Å². The van der Waals surface area contributed by atoms with Crippen molar-refractivity contribution < 1.29 is 12.8 Å². The molecule has 0 unspecified atom stereocenters. The molecule has 1 saturated heterocycles. The second-order valence-corrected chi connectivity index (χ2v) is 9.74. The van der Waals surface area contributed by atoms with E-state index in [0.717, 1.165) is 28.1 Å². The smallest absolute Gasteiger partial charge is 0.243 e. The van der Waals surface area contributed by atoms with Crippen molar-refractivity contribution in [2.45, 2.75) is 32.2 Å². The molecule has 0 saturated carbocycles. The highest BCUT2D eigenvalue weighted by atomic mass is 32.2. The summed E-state index contributed by atoms with van der Waals surface area (Å²) in [5.74, 6) is 1.43. The second kappa shape index (κ2) is 8.34. The Bertz CT molecular complexity index is 1130. The van der Waals surface area contributed by atoms with E-state index in [1.165, 1.54) is 0 Å². The number of rotatable bonds is 5. The van der Waals surface area contributed by atoms with Gasteiger partial charge >= 0.3 is 0 Å². The predicted octanol–water partition coefficient (Wildman–Crippen LogP) is 3.77. The first kappa shape index (κ1) is 20.8. The molecule has 2 aromatic carbocycles. The third-order valence-electron chi connectivity index (χ3n) is 5.58. The zero-order chi connectivity index (χ0) is 21.3. The molecule has 7 heteroatoms. The zero-order valence-electron chi connectivity index (χ0n) is 17.6. The van der Waals surface area contributed by atoms with Gasteiger partial charge in [-0.1, -0.05) is 30.3 Å². The molecule has 1 fully saturated rings. The minimum Gasteiger partial charge on any atom is -0.441 e. The van der Waals surface area contributed by atoms with Gasteiger partial charge in [0.1, 0.15) is 5.76 Å². The first-order valence-corrected chi connectivity index (χ1v) is 11.6. The maximum absolute atomic E-state index is 13.1. The average Bonchev–Trinajstić information content (AvgIpc) is 3.11. The molecule has 0 aliphatic carbocycles. The first-order valence-electron chi connectivity index (χ1n) is 10.2. The highest BCUT2D eigenvalue weighted by Crippen LogP contribution is 2.25. The number of aromatic nitrogens is 1. The van der Waals surface area contributed by atoms with Gasteiger partial charge in [0.2, 0.25) is 15.9 Å². The third kappa shape index (κ3) is 4.19. The maximum Gasteiger partial charge on any atom is 0.243 e. The summed E-state index contributed by atoms with van der Waals surface area (Å²) < 4.78 is 33.7. The Balaban J connectivity index is 1.43. The molecule has 158 valence electrons. The van der Waals surface area contributed by atoms with E-state index in [9.17, 15) is 8.42 Å². The molecule has 0 spiro atoms. The molecule has 3 aromatic rings. The van der Waals surface area contributed by atoms with Crippen LogP contribution in [0.15, 0.2) is 57.8 Å². The Kier molecular flexibility index (Phi) is 5.77. The number of oxazole rings is 1. The molecule has 1 aliphatic heterocycles. The molecule has 0 bridgehead atoms. The minimum atomic E-state index is -3.48. The molecule has 1 aromatic heterocycles. The summed E-state index contributed by atoms with van der Waals surface area (Å²) in [5.41, 5.74) is 3.60. The van der Waals surface area contributed by atoms with Gasteiger partial charge in [-0.25, -0.2) is 13.4 Å². The molecule has 6 nitrogen and oxygen atoms in total. The van der Waals surface area contributed by atoms with Gasteiger partial charge in [-0.2, -0.15) is 4.31 Å².